The van der Waals surface area contributed by atoms with Gasteiger partial charge in [-0.1, -0.05) is 29.3 Å². The fraction of sp³-hybridized carbons (Fsp3) is 0.267. The first-order valence-corrected chi connectivity index (χ1v) is 14.2. The number of aromatic amines is 1. The summed E-state index contributed by atoms with van der Waals surface area (Å²) in [7, 11) is 1.86. The van der Waals surface area contributed by atoms with Crippen molar-refractivity contribution in [3.8, 4) is 28.7 Å². The average Bonchev–Trinajstić information content (AvgIpc) is 3.78. The van der Waals surface area contributed by atoms with E-state index < -0.39 is 0 Å². The fourth-order valence-electron chi connectivity index (χ4n) is 5.12. The number of carbonyl (C=O) groups excluding carboxylic acids is 1. The standard InChI is InChI=1S/C30H29ClN10O2/c1-19(33-17-27(42)40-9-4-3-5-10-40)20-6-7-26(25(31)13-20)41(11-8-32)30-38-37-29(43-30)24-16-35-28-23(24)12-21(14-34-28)22-15-36-39(2)18-22/h6-7,12-16,18,33H,1,3-5,9-11,17H2,2H3,(H,34,35). The van der Waals surface area contributed by atoms with Crippen LogP contribution in [0.2, 0.25) is 5.02 Å². The topological polar surface area (TPSA) is 145 Å². The van der Waals surface area contributed by atoms with E-state index in [1.807, 2.05) is 30.3 Å². The summed E-state index contributed by atoms with van der Waals surface area (Å²) < 4.78 is 7.80. The van der Waals surface area contributed by atoms with E-state index in [0.717, 1.165) is 54.4 Å². The number of halogens is 1. The van der Waals surface area contributed by atoms with Crippen molar-refractivity contribution in [2.45, 2.75) is 19.3 Å². The van der Waals surface area contributed by atoms with Gasteiger partial charge in [-0.15, -0.1) is 5.10 Å². The van der Waals surface area contributed by atoms with Crippen molar-refractivity contribution in [2.75, 3.05) is 31.1 Å². The van der Waals surface area contributed by atoms with E-state index in [0.29, 0.717) is 27.6 Å². The zero-order valence-corrected chi connectivity index (χ0v) is 24.3. The Bertz CT molecular complexity index is 1840. The quantitative estimate of drug-likeness (QED) is 0.227. The Labute approximate surface area is 252 Å². The third-order valence-electron chi connectivity index (χ3n) is 7.42. The Morgan fingerprint density at radius 3 is 2.79 bits per heavy atom. The number of aromatic nitrogens is 6. The lowest BCUT2D eigenvalue weighted by Gasteiger charge is -2.27. The molecule has 1 aliphatic rings. The zero-order chi connectivity index (χ0) is 29.9. The third kappa shape index (κ3) is 5.80. The molecular formula is C30H29ClN10O2. The Hall–Kier alpha value is -5.15. The molecule has 0 radical (unpaired) electrons. The Balaban J connectivity index is 1.21. The highest BCUT2D eigenvalue weighted by molar-refractivity contribution is 6.33. The second kappa shape index (κ2) is 12.0. The van der Waals surface area contributed by atoms with Gasteiger partial charge in [-0.25, -0.2) is 4.98 Å². The summed E-state index contributed by atoms with van der Waals surface area (Å²) in [5.41, 5.74) is 4.97. The largest absolute Gasteiger partial charge is 0.403 e. The van der Waals surface area contributed by atoms with Gasteiger partial charge in [-0.05, 0) is 43.0 Å². The summed E-state index contributed by atoms with van der Waals surface area (Å²) in [5.74, 6) is 0.313. The molecule has 1 aliphatic heterocycles. The number of H-pyrrole nitrogens is 1. The molecular weight excluding hydrogens is 568 g/mol. The van der Waals surface area contributed by atoms with Crippen LogP contribution in [-0.4, -0.2) is 66.9 Å². The van der Waals surface area contributed by atoms with E-state index in [-0.39, 0.29) is 30.9 Å². The van der Waals surface area contributed by atoms with E-state index in [4.69, 9.17) is 16.0 Å². The van der Waals surface area contributed by atoms with Gasteiger partial charge in [0.05, 0.1) is 35.1 Å². The van der Waals surface area contributed by atoms with Gasteiger partial charge in [-0.3, -0.25) is 14.4 Å². The van der Waals surface area contributed by atoms with E-state index >= 15 is 0 Å². The molecule has 0 unspecified atom stereocenters. The molecule has 1 fully saturated rings. The van der Waals surface area contributed by atoms with Gasteiger partial charge < -0.3 is 19.6 Å². The molecule has 5 heterocycles. The lowest BCUT2D eigenvalue weighted by molar-refractivity contribution is -0.130. The number of aryl methyl sites for hydroxylation is 1. The molecule has 0 saturated carbocycles. The van der Waals surface area contributed by atoms with E-state index in [2.05, 4.69) is 43.2 Å². The maximum Gasteiger partial charge on any atom is 0.324 e. The number of hydrogen-bond acceptors (Lipinski definition) is 9. The molecule has 13 heteroatoms. The molecule has 5 aromatic rings. The van der Waals surface area contributed by atoms with Crippen LogP contribution in [0.4, 0.5) is 11.7 Å². The molecule has 2 N–H and O–H groups in total. The van der Waals surface area contributed by atoms with Crippen molar-refractivity contribution in [3.05, 3.63) is 66.2 Å². The van der Waals surface area contributed by atoms with Crippen molar-refractivity contribution < 1.29 is 9.21 Å². The molecule has 43 heavy (non-hydrogen) atoms. The van der Waals surface area contributed by atoms with Crippen molar-refractivity contribution in [1.29, 1.82) is 5.26 Å². The van der Waals surface area contributed by atoms with E-state index in [9.17, 15) is 10.1 Å². The number of nitrogens with one attached hydrogen (secondary N) is 2. The first-order chi connectivity index (χ1) is 20.9. The van der Waals surface area contributed by atoms with Crippen LogP contribution in [0, 0.1) is 11.3 Å². The van der Waals surface area contributed by atoms with E-state index in [1.54, 1.807) is 40.3 Å². The number of pyridine rings is 1. The molecule has 1 aromatic carbocycles. The summed E-state index contributed by atoms with van der Waals surface area (Å²) in [6, 6.07) is 9.53. The highest BCUT2D eigenvalue weighted by Gasteiger charge is 2.22. The van der Waals surface area contributed by atoms with Gasteiger partial charge in [0.25, 0.3) is 5.89 Å². The second-order valence-corrected chi connectivity index (χ2v) is 10.7. The molecule has 4 aromatic heterocycles. The minimum absolute atomic E-state index is 0.0511. The normalized spacial score (nSPS) is 13.2. The Morgan fingerprint density at radius 2 is 2.05 bits per heavy atom. The van der Waals surface area contributed by atoms with Crippen LogP contribution in [0.5, 0.6) is 0 Å². The van der Waals surface area contributed by atoms with Gasteiger partial charge in [0.1, 0.15) is 12.2 Å². The summed E-state index contributed by atoms with van der Waals surface area (Å²) in [4.78, 5) is 23.6. The Kier molecular flexibility index (Phi) is 7.81. The third-order valence-corrected chi connectivity index (χ3v) is 7.73. The van der Waals surface area contributed by atoms with Gasteiger partial charge in [0.2, 0.25) is 5.91 Å². The van der Waals surface area contributed by atoms with Gasteiger partial charge in [0, 0.05) is 60.9 Å². The summed E-state index contributed by atoms with van der Waals surface area (Å²) in [5, 5.41) is 26.6. The fourth-order valence-corrected chi connectivity index (χ4v) is 5.40. The number of benzene rings is 1. The van der Waals surface area contributed by atoms with Crippen LogP contribution >= 0.6 is 11.6 Å². The van der Waals surface area contributed by atoms with Crippen LogP contribution in [0.3, 0.4) is 0 Å². The van der Waals surface area contributed by atoms with Crippen LogP contribution in [0.15, 0.2) is 60.0 Å². The van der Waals surface area contributed by atoms with E-state index in [1.165, 1.54) is 0 Å². The summed E-state index contributed by atoms with van der Waals surface area (Å²) >= 11 is 6.70. The molecule has 1 amide bonds. The predicted molar refractivity (Wildman–Crippen MR) is 163 cm³/mol. The van der Waals surface area contributed by atoms with Crippen LogP contribution in [-0.2, 0) is 11.8 Å². The second-order valence-electron chi connectivity index (χ2n) is 10.3. The molecule has 6 rings (SSSR count). The van der Waals surface area contributed by atoms with Crippen LogP contribution < -0.4 is 10.2 Å². The summed E-state index contributed by atoms with van der Waals surface area (Å²) in [6.07, 6.45) is 10.5. The highest BCUT2D eigenvalue weighted by Crippen LogP contribution is 2.36. The molecule has 218 valence electrons. The van der Waals surface area contributed by atoms with Crippen molar-refractivity contribution in [2.24, 2.45) is 7.05 Å². The lowest BCUT2D eigenvalue weighted by atomic mass is 10.1. The Morgan fingerprint density at radius 1 is 1.21 bits per heavy atom. The number of fused-ring (bicyclic) bond motifs is 1. The molecule has 0 spiro atoms. The number of rotatable bonds is 9. The first kappa shape index (κ1) is 28.0. The number of nitrogens with zero attached hydrogens (tertiary/aromatic N) is 8. The van der Waals surface area contributed by atoms with Gasteiger partial charge >= 0.3 is 6.01 Å². The average molecular weight is 597 g/mol. The number of likely N-dealkylation sites (tertiary alicyclic amines) is 1. The highest BCUT2D eigenvalue weighted by atomic mass is 35.5. The maximum absolute atomic E-state index is 12.5. The number of hydrogen-bond donors (Lipinski definition) is 2. The van der Waals surface area contributed by atoms with Crippen LogP contribution in [0.1, 0.15) is 24.8 Å². The molecule has 0 atom stereocenters. The molecule has 0 bridgehead atoms. The van der Waals surface area contributed by atoms with Crippen molar-refractivity contribution >= 4 is 45.9 Å². The van der Waals surface area contributed by atoms with Gasteiger partial charge in [-0.2, -0.15) is 10.4 Å². The number of amides is 1. The zero-order valence-electron chi connectivity index (χ0n) is 23.5. The summed E-state index contributed by atoms with van der Waals surface area (Å²) in [6.45, 7) is 5.75. The maximum atomic E-state index is 12.5. The number of carbonyl (C=O) groups is 1. The monoisotopic (exact) mass is 596 g/mol. The lowest BCUT2D eigenvalue weighted by Crippen LogP contribution is -2.40. The van der Waals surface area contributed by atoms with Crippen LogP contribution in [0.25, 0.3) is 39.3 Å². The number of nitriles is 1. The predicted octanol–water partition coefficient (Wildman–Crippen LogP) is 4.90. The first-order valence-electron chi connectivity index (χ1n) is 13.9. The minimum Gasteiger partial charge on any atom is -0.403 e. The number of anilines is 2. The molecule has 12 nitrogen and oxygen atoms in total. The minimum atomic E-state index is -0.0785. The van der Waals surface area contributed by atoms with Crippen molar-refractivity contribution in [3.63, 3.8) is 0 Å². The number of piperidine rings is 1. The van der Waals surface area contributed by atoms with Crippen molar-refractivity contribution in [1.82, 2.24) is 40.2 Å². The SMILES string of the molecule is C=C(NCC(=O)N1CCCCC1)c1ccc(N(CC#N)c2nnc(-c3c[nH]c4ncc(-c5cnn(C)c5)cc34)o2)c(Cl)c1. The smallest absolute Gasteiger partial charge is 0.324 e. The van der Waals surface area contributed by atoms with Gasteiger partial charge in [0.15, 0.2) is 0 Å². The molecule has 1 saturated heterocycles. The molecule has 0 aliphatic carbocycles.